The third-order valence-electron chi connectivity index (χ3n) is 10.4. The van der Waals surface area contributed by atoms with Gasteiger partial charge in [0.2, 0.25) is 0 Å². The van der Waals surface area contributed by atoms with Crippen molar-refractivity contribution in [2.45, 2.75) is 59.9 Å². The maximum absolute atomic E-state index is 13.8. The number of carboxylic acid groups (broad SMARTS) is 1. The van der Waals surface area contributed by atoms with Gasteiger partial charge in [-0.2, -0.15) is 0 Å². The fraction of sp³-hybridized carbons (Fsp3) is 0.381. The zero-order valence-electron chi connectivity index (χ0n) is 31.6. The second kappa shape index (κ2) is 16.8. The number of carbonyl (C=O) groups excluding carboxylic acids is 1. The fourth-order valence-corrected chi connectivity index (χ4v) is 7.45. The van der Waals surface area contributed by atoms with Crippen molar-refractivity contribution in [1.82, 2.24) is 10.2 Å². The van der Waals surface area contributed by atoms with Gasteiger partial charge in [-0.15, -0.1) is 0 Å². The maximum Gasteiger partial charge on any atom is 0.347 e. The van der Waals surface area contributed by atoms with Gasteiger partial charge in [0, 0.05) is 49.3 Å². The van der Waals surface area contributed by atoms with Gasteiger partial charge in [0.25, 0.3) is 0 Å². The molecule has 0 saturated carbocycles. The third kappa shape index (κ3) is 8.16. The molecule has 4 aromatic carbocycles. The van der Waals surface area contributed by atoms with Crippen LogP contribution in [0.5, 0.6) is 23.0 Å². The number of aromatic carboxylic acids is 1. The van der Waals surface area contributed by atoms with Gasteiger partial charge in [0.05, 0.1) is 20.8 Å². The number of ether oxygens (including phenoxy) is 4. The molecule has 1 saturated heterocycles. The Morgan fingerprint density at radius 1 is 0.755 bits per heavy atom. The maximum atomic E-state index is 13.8. The van der Waals surface area contributed by atoms with Crippen LogP contribution in [0.15, 0.2) is 48.5 Å². The highest BCUT2D eigenvalue weighted by atomic mass is 19.1. The second-order valence-electron chi connectivity index (χ2n) is 13.6. The largest absolute Gasteiger partial charge is 0.495 e. The Bertz CT molecular complexity index is 1930. The van der Waals surface area contributed by atoms with E-state index in [1.54, 1.807) is 45.0 Å². The Morgan fingerprint density at radius 2 is 1.26 bits per heavy atom. The molecule has 0 spiro atoms. The van der Waals surface area contributed by atoms with E-state index < -0.39 is 11.9 Å². The lowest BCUT2D eigenvalue weighted by Gasteiger charge is -2.38. The minimum atomic E-state index is -1.13. The molecule has 5 rings (SSSR count). The van der Waals surface area contributed by atoms with Gasteiger partial charge in [-0.25, -0.2) is 18.4 Å². The van der Waals surface area contributed by atoms with Crippen molar-refractivity contribution in [2.24, 2.45) is 0 Å². The van der Waals surface area contributed by atoms with E-state index in [1.165, 1.54) is 38.5 Å². The summed E-state index contributed by atoms with van der Waals surface area (Å²) in [5.41, 5.74) is 5.66. The van der Waals surface area contributed by atoms with Crippen molar-refractivity contribution >= 4 is 11.9 Å². The van der Waals surface area contributed by atoms with Crippen molar-refractivity contribution in [3.05, 3.63) is 116 Å². The molecule has 0 aliphatic carbocycles. The van der Waals surface area contributed by atoms with Crippen LogP contribution in [0.1, 0.15) is 77.6 Å². The van der Waals surface area contributed by atoms with Crippen molar-refractivity contribution in [3.63, 3.8) is 0 Å². The van der Waals surface area contributed by atoms with Crippen LogP contribution in [0, 0.1) is 53.2 Å². The molecule has 2 N–H and O–H groups in total. The molecule has 1 unspecified atom stereocenters. The van der Waals surface area contributed by atoms with E-state index in [0.717, 1.165) is 49.3 Å². The van der Waals surface area contributed by atoms with Crippen LogP contribution >= 0.6 is 0 Å². The summed E-state index contributed by atoms with van der Waals surface area (Å²) >= 11 is 0. The summed E-state index contributed by atoms with van der Waals surface area (Å²) in [6, 6.07) is 13.0. The molecule has 9 nitrogen and oxygen atoms in total. The topological polar surface area (TPSA) is 107 Å². The summed E-state index contributed by atoms with van der Waals surface area (Å²) in [7, 11) is 2.88. The Morgan fingerprint density at radius 3 is 1.81 bits per heavy atom. The molecule has 282 valence electrons. The standard InChI is InChI=1S/C42H48F2N2O7/c1-23-26(4)38(28(6)39(50-7)34(23)41(47)48)53-42(49)35-24(2)25(3)37(27(5)40(35)51-8)52-21-9-19-46-20-18-45-33(22-46)36(29-10-14-31(43)15-11-29)30-12-16-32(44)17-13-30/h10-17,33,36,45H,9,18-22H2,1-8H3,(H,47,48). The first kappa shape index (κ1) is 39.2. The summed E-state index contributed by atoms with van der Waals surface area (Å²) < 4.78 is 51.2. The first-order chi connectivity index (χ1) is 25.3. The van der Waals surface area contributed by atoms with Crippen LogP contribution in [0.3, 0.4) is 0 Å². The molecule has 1 heterocycles. The summed E-state index contributed by atoms with van der Waals surface area (Å²) in [6.07, 6.45) is 0.737. The molecule has 4 aromatic rings. The predicted octanol–water partition coefficient (Wildman–Crippen LogP) is 7.62. The van der Waals surface area contributed by atoms with Crippen LogP contribution in [0.2, 0.25) is 0 Å². The zero-order valence-corrected chi connectivity index (χ0v) is 31.6. The molecule has 0 radical (unpaired) electrons. The number of rotatable bonds is 13. The molecule has 53 heavy (non-hydrogen) atoms. The summed E-state index contributed by atoms with van der Waals surface area (Å²) in [5, 5.41) is 13.4. The number of carboxylic acids is 1. The quantitative estimate of drug-likeness (QED) is 0.0817. The van der Waals surface area contributed by atoms with Crippen LogP contribution in [0.4, 0.5) is 8.78 Å². The Kier molecular flexibility index (Phi) is 12.4. The minimum Gasteiger partial charge on any atom is -0.495 e. The van der Waals surface area contributed by atoms with Gasteiger partial charge in [-0.1, -0.05) is 24.3 Å². The lowest BCUT2D eigenvalue weighted by molar-refractivity contribution is 0.0692. The van der Waals surface area contributed by atoms with Crippen LogP contribution in [0.25, 0.3) is 0 Å². The van der Waals surface area contributed by atoms with E-state index in [2.05, 4.69) is 10.2 Å². The van der Waals surface area contributed by atoms with Crippen LogP contribution < -0.4 is 24.3 Å². The summed E-state index contributed by atoms with van der Waals surface area (Å²) in [5.74, 6) is -1.11. The monoisotopic (exact) mass is 730 g/mol. The van der Waals surface area contributed by atoms with E-state index >= 15 is 0 Å². The molecular weight excluding hydrogens is 682 g/mol. The van der Waals surface area contributed by atoms with Gasteiger partial charge in [0.1, 0.15) is 45.8 Å². The molecule has 0 bridgehead atoms. The zero-order chi connectivity index (χ0) is 38.6. The average Bonchev–Trinajstić information content (AvgIpc) is 3.14. The Balaban J connectivity index is 1.29. The number of hydrogen-bond donors (Lipinski definition) is 2. The van der Waals surface area contributed by atoms with Crippen LogP contribution in [-0.4, -0.2) is 75.0 Å². The number of piperazine rings is 1. The molecule has 0 aromatic heterocycles. The highest BCUT2D eigenvalue weighted by Crippen LogP contribution is 2.42. The van der Waals surface area contributed by atoms with E-state index in [1.807, 2.05) is 20.8 Å². The summed E-state index contributed by atoms with van der Waals surface area (Å²) in [4.78, 5) is 28.2. The Labute approximate surface area is 309 Å². The van der Waals surface area contributed by atoms with Crippen molar-refractivity contribution < 1.29 is 42.4 Å². The average molecular weight is 731 g/mol. The SMILES string of the molecule is COc1c(C)c(OC(=O)c2c(C)c(C)c(OCCCN3CCNC(C(c4ccc(F)cc4)c4ccc(F)cc4)C3)c(C)c2OC)c(C)c(C)c1C(=O)O. The molecule has 1 fully saturated rings. The van der Waals surface area contributed by atoms with E-state index in [0.29, 0.717) is 45.9 Å². The van der Waals surface area contributed by atoms with Gasteiger partial charge in [0.15, 0.2) is 0 Å². The number of halogens is 2. The van der Waals surface area contributed by atoms with E-state index in [-0.39, 0.29) is 46.2 Å². The number of esters is 1. The van der Waals surface area contributed by atoms with E-state index in [4.69, 9.17) is 18.9 Å². The first-order valence-electron chi connectivity index (χ1n) is 17.7. The number of benzene rings is 4. The lowest BCUT2D eigenvalue weighted by Crippen LogP contribution is -2.53. The number of nitrogens with one attached hydrogen (secondary N) is 1. The van der Waals surface area contributed by atoms with Gasteiger partial charge in [-0.05, 0) is 106 Å². The second-order valence-corrected chi connectivity index (χ2v) is 13.6. The molecule has 1 aliphatic rings. The number of carbonyl (C=O) groups is 2. The predicted molar refractivity (Wildman–Crippen MR) is 199 cm³/mol. The van der Waals surface area contributed by atoms with Gasteiger partial charge >= 0.3 is 11.9 Å². The molecule has 0 amide bonds. The number of hydrogen-bond acceptors (Lipinski definition) is 8. The molecular formula is C42H48F2N2O7. The molecule has 1 atom stereocenters. The third-order valence-corrected chi connectivity index (χ3v) is 10.4. The van der Waals surface area contributed by atoms with Crippen molar-refractivity contribution in [1.29, 1.82) is 0 Å². The fourth-order valence-electron chi connectivity index (χ4n) is 7.45. The lowest BCUT2D eigenvalue weighted by atomic mass is 9.84. The normalized spacial score (nSPS) is 14.7. The Hall–Kier alpha value is -5.00. The van der Waals surface area contributed by atoms with Crippen LogP contribution in [-0.2, 0) is 0 Å². The van der Waals surface area contributed by atoms with Gasteiger partial charge < -0.3 is 34.3 Å². The smallest absolute Gasteiger partial charge is 0.347 e. The highest BCUT2D eigenvalue weighted by molar-refractivity contribution is 5.98. The summed E-state index contributed by atoms with van der Waals surface area (Å²) in [6.45, 7) is 14.1. The van der Waals surface area contributed by atoms with Crippen molar-refractivity contribution in [2.75, 3.05) is 47.0 Å². The number of methoxy groups -OCH3 is 2. The van der Waals surface area contributed by atoms with Gasteiger partial charge in [-0.3, -0.25) is 0 Å². The molecule has 1 aliphatic heterocycles. The molecule has 11 heteroatoms. The minimum absolute atomic E-state index is 0.0250. The number of nitrogens with zero attached hydrogens (tertiary/aromatic N) is 1. The van der Waals surface area contributed by atoms with E-state index in [9.17, 15) is 23.5 Å². The highest BCUT2D eigenvalue weighted by Gasteiger charge is 2.31. The van der Waals surface area contributed by atoms with Crippen molar-refractivity contribution in [3.8, 4) is 23.0 Å². The first-order valence-corrected chi connectivity index (χ1v) is 17.7.